The van der Waals surface area contributed by atoms with Crippen LogP contribution in [0, 0.1) is 6.92 Å². The number of benzene rings is 9. The highest BCUT2D eigenvalue weighted by Gasteiger charge is 2.28. The van der Waals surface area contributed by atoms with E-state index in [1.165, 1.54) is 65.7 Å². The Kier molecular flexibility index (Phi) is 6.47. The van der Waals surface area contributed by atoms with E-state index in [0.717, 1.165) is 39.6 Å². The normalized spacial score (nSPS) is 12.2. The van der Waals surface area contributed by atoms with Crippen molar-refractivity contribution < 1.29 is 0 Å². The van der Waals surface area contributed by atoms with Crippen LogP contribution < -0.4 is 4.90 Å². The summed E-state index contributed by atoms with van der Waals surface area (Å²) in [6.45, 7) is 2.10. The lowest BCUT2D eigenvalue weighted by molar-refractivity contribution is 0.982. The van der Waals surface area contributed by atoms with Gasteiger partial charge in [0.15, 0.2) is 0 Å². The first kappa shape index (κ1) is 29.7. The highest BCUT2D eigenvalue weighted by molar-refractivity contribution is 6.22. The first-order chi connectivity index (χ1) is 26.2. The number of fused-ring (bicyclic) bond motifs is 5. The molecule has 3 heteroatoms. The summed E-state index contributed by atoms with van der Waals surface area (Å²) >= 11 is 0. The number of anilines is 3. The molecule has 0 N–H and O–H groups in total. The molecule has 0 radical (unpaired) electrons. The van der Waals surface area contributed by atoms with Gasteiger partial charge >= 0.3 is 0 Å². The standard InChI is InChI=1S/C50H33N3/c1-32-51-44-21-12-22-46-50(44)52(32)45-28-26-37(31-47(45)53(46)39-17-6-3-7-18-39)36-25-27-42-43(30-36)49(38-24-23-33-13-8-9-16-35(33)29-38)41-20-11-10-19-40(41)48(42)34-14-4-2-5-15-34/h2-31H,1H3. The molecular weight excluding hydrogens is 643 g/mol. The van der Waals surface area contributed by atoms with Gasteiger partial charge < -0.3 is 4.90 Å². The molecule has 2 heterocycles. The van der Waals surface area contributed by atoms with Crippen LogP contribution in [0.15, 0.2) is 182 Å². The molecule has 0 saturated carbocycles. The van der Waals surface area contributed by atoms with Crippen LogP contribution in [-0.4, -0.2) is 9.55 Å². The van der Waals surface area contributed by atoms with E-state index in [2.05, 4.69) is 198 Å². The van der Waals surface area contributed by atoms with Crippen LogP contribution in [0.4, 0.5) is 17.1 Å². The average Bonchev–Trinajstić information content (AvgIpc) is 3.56. The minimum atomic E-state index is 0.986. The molecule has 10 aromatic rings. The molecule has 1 aromatic heterocycles. The summed E-state index contributed by atoms with van der Waals surface area (Å²) < 4.78 is 2.32. The maximum absolute atomic E-state index is 4.98. The molecule has 53 heavy (non-hydrogen) atoms. The molecule has 1 aliphatic heterocycles. The zero-order chi connectivity index (χ0) is 35.0. The SMILES string of the molecule is Cc1nc2cccc3c2n1-c1ccc(-c2ccc4c(-c5ccccc5)c5ccccc5c(-c5ccc6ccccc6c5)c4c2)cc1N3c1ccccc1. The highest BCUT2D eigenvalue weighted by Crippen LogP contribution is 2.49. The summed E-state index contributed by atoms with van der Waals surface area (Å²) in [7, 11) is 0. The van der Waals surface area contributed by atoms with E-state index >= 15 is 0 Å². The van der Waals surface area contributed by atoms with E-state index in [1.54, 1.807) is 0 Å². The van der Waals surface area contributed by atoms with Crippen molar-refractivity contribution in [3.05, 3.63) is 188 Å². The molecule has 9 aromatic carbocycles. The lowest BCUT2D eigenvalue weighted by Crippen LogP contribution is -2.18. The van der Waals surface area contributed by atoms with E-state index in [0.29, 0.717) is 0 Å². The topological polar surface area (TPSA) is 21.1 Å². The van der Waals surface area contributed by atoms with Gasteiger partial charge in [0.25, 0.3) is 0 Å². The van der Waals surface area contributed by atoms with Crippen molar-refractivity contribution in [2.45, 2.75) is 6.92 Å². The molecule has 0 amide bonds. The quantitative estimate of drug-likeness (QED) is 0.173. The molecule has 0 saturated heterocycles. The number of hydrogen-bond acceptors (Lipinski definition) is 2. The van der Waals surface area contributed by atoms with Crippen LogP contribution in [0.2, 0.25) is 0 Å². The molecule has 0 aliphatic carbocycles. The van der Waals surface area contributed by atoms with Crippen LogP contribution in [0.1, 0.15) is 5.82 Å². The fourth-order valence-corrected chi connectivity index (χ4v) is 8.69. The molecule has 0 unspecified atom stereocenters. The lowest BCUT2D eigenvalue weighted by atomic mass is 9.84. The van der Waals surface area contributed by atoms with Gasteiger partial charge in [-0.25, -0.2) is 4.98 Å². The summed E-state index contributed by atoms with van der Waals surface area (Å²) in [6, 6.07) is 66.4. The van der Waals surface area contributed by atoms with Crippen molar-refractivity contribution in [2.75, 3.05) is 4.90 Å². The Bertz CT molecular complexity index is 3070. The third kappa shape index (κ3) is 4.51. The van der Waals surface area contributed by atoms with E-state index < -0.39 is 0 Å². The maximum Gasteiger partial charge on any atom is 0.111 e. The van der Waals surface area contributed by atoms with Crippen LogP contribution in [0.5, 0.6) is 0 Å². The summed E-state index contributed by atoms with van der Waals surface area (Å²) in [5.74, 6) is 0.986. The maximum atomic E-state index is 4.98. The van der Waals surface area contributed by atoms with Gasteiger partial charge in [0.1, 0.15) is 5.82 Å². The second kappa shape index (κ2) is 11.5. The minimum Gasteiger partial charge on any atom is -0.306 e. The molecule has 3 nitrogen and oxygen atoms in total. The van der Waals surface area contributed by atoms with Crippen molar-refractivity contribution in [2.24, 2.45) is 0 Å². The largest absolute Gasteiger partial charge is 0.306 e. The van der Waals surface area contributed by atoms with Gasteiger partial charge in [0.05, 0.1) is 28.1 Å². The first-order valence-corrected chi connectivity index (χ1v) is 18.2. The fraction of sp³-hybridized carbons (Fsp3) is 0.0200. The molecule has 1 aliphatic rings. The summed E-state index contributed by atoms with van der Waals surface area (Å²) in [5, 5.41) is 7.49. The highest BCUT2D eigenvalue weighted by atomic mass is 15.2. The predicted molar refractivity (Wildman–Crippen MR) is 223 cm³/mol. The Morgan fingerprint density at radius 3 is 1.85 bits per heavy atom. The van der Waals surface area contributed by atoms with Gasteiger partial charge in [-0.2, -0.15) is 0 Å². The summed E-state index contributed by atoms with van der Waals surface area (Å²) in [5.41, 5.74) is 14.0. The fourth-order valence-electron chi connectivity index (χ4n) is 8.69. The third-order valence-corrected chi connectivity index (χ3v) is 11.0. The average molecular weight is 676 g/mol. The second-order valence-corrected chi connectivity index (χ2v) is 14.0. The molecule has 0 bridgehead atoms. The first-order valence-electron chi connectivity index (χ1n) is 18.2. The van der Waals surface area contributed by atoms with Gasteiger partial charge in [-0.05, 0) is 121 Å². The van der Waals surface area contributed by atoms with Crippen LogP contribution in [0.25, 0.3) is 82.4 Å². The molecular formula is C50H33N3. The number of rotatable bonds is 4. The minimum absolute atomic E-state index is 0.986. The van der Waals surface area contributed by atoms with Crippen molar-refractivity contribution >= 4 is 60.4 Å². The number of aromatic nitrogens is 2. The van der Waals surface area contributed by atoms with Crippen molar-refractivity contribution in [3.8, 4) is 39.1 Å². The van der Waals surface area contributed by atoms with Gasteiger partial charge in [0.2, 0.25) is 0 Å². The van der Waals surface area contributed by atoms with E-state index in [1.807, 2.05) is 0 Å². The zero-order valence-corrected chi connectivity index (χ0v) is 29.2. The van der Waals surface area contributed by atoms with E-state index in [-0.39, 0.29) is 0 Å². The number of nitrogens with zero attached hydrogens (tertiary/aromatic N) is 3. The molecule has 0 spiro atoms. The second-order valence-electron chi connectivity index (χ2n) is 14.0. The van der Waals surface area contributed by atoms with Gasteiger partial charge in [-0.1, -0.05) is 133 Å². The summed E-state index contributed by atoms with van der Waals surface area (Å²) in [6.07, 6.45) is 0. The van der Waals surface area contributed by atoms with Crippen molar-refractivity contribution in [3.63, 3.8) is 0 Å². The zero-order valence-electron chi connectivity index (χ0n) is 29.2. The van der Waals surface area contributed by atoms with Crippen molar-refractivity contribution in [1.82, 2.24) is 9.55 Å². The Labute approximate surface area is 307 Å². The Hall–Kier alpha value is -6.97. The number of imidazole rings is 1. The monoisotopic (exact) mass is 675 g/mol. The Morgan fingerprint density at radius 1 is 0.396 bits per heavy atom. The van der Waals surface area contributed by atoms with Gasteiger partial charge in [-0.3, -0.25) is 4.57 Å². The molecule has 11 rings (SSSR count). The number of aryl methyl sites for hydroxylation is 1. The van der Waals surface area contributed by atoms with Gasteiger partial charge in [-0.15, -0.1) is 0 Å². The lowest BCUT2D eigenvalue weighted by Gasteiger charge is -2.33. The molecule has 0 atom stereocenters. The summed E-state index contributed by atoms with van der Waals surface area (Å²) in [4.78, 5) is 7.37. The van der Waals surface area contributed by atoms with Crippen LogP contribution in [-0.2, 0) is 0 Å². The van der Waals surface area contributed by atoms with E-state index in [4.69, 9.17) is 4.98 Å². The number of para-hydroxylation sites is 2. The van der Waals surface area contributed by atoms with Crippen LogP contribution in [0.3, 0.4) is 0 Å². The van der Waals surface area contributed by atoms with Crippen LogP contribution >= 0.6 is 0 Å². The van der Waals surface area contributed by atoms with Crippen molar-refractivity contribution in [1.29, 1.82) is 0 Å². The smallest absolute Gasteiger partial charge is 0.111 e. The Morgan fingerprint density at radius 2 is 1.04 bits per heavy atom. The third-order valence-electron chi connectivity index (χ3n) is 11.0. The van der Waals surface area contributed by atoms with E-state index in [9.17, 15) is 0 Å². The molecule has 0 fully saturated rings. The van der Waals surface area contributed by atoms with Gasteiger partial charge in [0, 0.05) is 5.69 Å². The predicted octanol–water partition coefficient (Wildman–Crippen LogP) is 13.6. The molecule has 248 valence electrons. The number of hydrogen-bond donors (Lipinski definition) is 0. The Balaban J connectivity index is 1.19.